The fourth-order valence-electron chi connectivity index (χ4n) is 2.43. The Bertz CT molecular complexity index is 639. The predicted octanol–water partition coefficient (Wildman–Crippen LogP) is 2.26. The molecule has 118 valence electrons. The summed E-state index contributed by atoms with van der Waals surface area (Å²) >= 11 is 1.66. The van der Waals surface area contributed by atoms with Crippen molar-refractivity contribution in [3.8, 4) is 0 Å². The molecule has 22 heavy (non-hydrogen) atoms. The number of anilines is 2. The number of rotatable bonds is 2. The summed E-state index contributed by atoms with van der Waals surface area (Å²) in [6, 6.07) is 2.00. The molecule has 1 saturated heterocycles. The SMILES string of the molecule is Cc1nnc(N2CCN(c3ccnc(C(C)(C)C)n3)CC2)s1. The number of piperazine rings is 1. The lowest BCUT2D eigenvalue weighted by atomic mass is 9.96. The molecule has 6 nitrogen and oxygen atoms in total. The van der Waals surface area contributed by atoms with E-state index < -0.39 is 0 Å². The van der Waals surface area contributed by atoms with E-state index in [4.69, 9.17) is 4.98 Å². The lowest BCUT2D eigenvalue weighted by molar-refractivity contribution is 0.541. The number of hydrogen-bond donors (Lipinski definition) is 0. The van der Waals surface area contributed by atoms with Crippen molar-refractivity contribution in [1.82, 2.24) is 20.2 Å². The molecule has 0 N–H and O–H groups in total. The van der Waals surface area contributed by atoms with E-state index in [1.165, 1.54) is 0 Å². The second-order valence-corrected chi connectivity index (χ2v) is 7.73. The molecule has 2 aromatic rings. The molecule has 0 amide bonds. The second kappa shape index (κ2) is 5.79. The lowest BCUT2D eigenvalue weighted by Gasteiger charge is -2.35. The van der Waals surface area contributed by atoms with Gasteiger partial charge < -0.3 is 9.80 Å². The second-order valence-electron chi connectivity index (χ2n) is 6.57. The molecule has 1 fully saturated rings. The number of aromatic nitrogens is 4. The molecule has 2 aromatic heterocycles. The molecule has 0 saturated carbocycles. The predicted molar refractivity (Wildman–Crippen MR) is 89.8 cm³/mol. The van der Waals surface area contributed by atoms with Crippen LogP contribution in [0.1, 0.15) is 31.6 Å². The number of hydrogen-bond acceptors (Lipinski definition) is 7. The van der Waals surface area contributed by atoms with Crippen molar-refractivity contribution in [1.29, 1.82) is 0 Å². The molecule has 0 aliphatic carbocycles. The average molecular weight is 318 g/mol. The first-order valence-corrected chi connectivity index (χ1v) is 8.39. The van der Waals surface area contributed by atoms with E-state index in [1.54, 1.807) is 11.3 Å². The number of nitrogens with zero attached hydrogens (tertiary/aromatic N) is 6. The van der Waals surface area contributed by atoms with Gasteiger partial charge in [0.05, 0.1) is 0 Å². The smallest absolute Gasteiger partial charge is 0.208 e. The molecule has 1 aliphatic rings. The fraction of sp³-hybridized carbons (Fsp3) is 0.600. The normalized spacial score (nSPS) is 16.2. The molecule has 0 bridgehead atoms. The van der Waals surface area contributed by atoms with Crippen molar-refractivity contribution < 1.29 is 0 Å². The van der Waals surface area contributed by atoms with Gasteiger partial charge in [-0.3, -0.25) is 0 Å². The molecular formula is C15H22N6S. The van der Waals surface area contributed by atoms with Crippen LogP contribution in [-0.4, -0.2) is 46.3 Å². The van der Waals surface area contributed by atoms with E-state index in [-0.39, 0.29) is 5.41 Å². The maximum atomic E-state index is 4.74. The first-order valence-electron chi connectivity index (χ1n) is 7.57. The summed E-state index contributed by atoms with van der Waals surface area (Å²) in [7, 11) is 0. The van der Waals surface area contributed by atoms with E-state index in [0.29, 0.717) is 0 Å². The van der Waals surface area contributed by atoms with Gasteiger partial charge in [-0.1, -0.05) is 32.1 Å². The topological polar surface area (TPSA) is 58.0 Å². The van der Waals surface area contributed by atoms with Crippen LogP contribution in [0, 0.1) is 6.92 Å². The highest BCUT2D eigenvalue weighted by molar-refractivity contribution is 7.15. The van der Waals surface area contributed by atoms with Crippen molar-refractivity contribution in [2.75, 3.05) is 36.0 Å². The monoisotopic (exact) mass is 318 g/mol. The van der Waals surface area contributed by atoms with Crippen LogP contribution in [0.25, 0.3) is 0 Å². The highest BCUT2D eigenvalue weighted by Crippen LogP contribution is 2.24. The van der Waals surface area contributed by atoms with Crippen LogP contribution in [0.2, 0.25) is 0 Å². The van der Waals surface area contributed by atoms with E-state index >= 15 is 0 Å². The molecule has 1 aliphatic heterocycles. The van der Waals surface area contributed by atoms with Crippen molar-refractivity contribution >= 4 is 22.3 Å². The summed E-state index contributed by atoms with van der Waals surface area (Å²) in [5.41, 5.74) is -0.0259. The van der Waals surface area contributed by atoms with Gasteiger partial charge in [0.2, 0.25) is 5.13 Å². The van der Waals surface area contributed by atoms with Crippen LogP contribution in [0.3, 0.4) is 0 Å². The minimum Gasteiger partial charge on any atom is -0.353 e. The molecule has 3 heterocycles. The van der Waals surface area contributed by atoms with Gasteiger partial charge in [-0.25, -0.2) is 9.97 Å². The highest BCUT2D eigenvalue weighted by atomic mass is 32.1. The summed E-state index contributed by atoms with van der Waals surface area (Å²) in [5, 5.41) is 10.4. The zero-order chi connectivity index (χ0) is 15.7. The Hall–Kier alpha value is -1.76. The van der Waals surface area contributed by atoms with E-state index in [9.17, 15) is 0 Å². The van der Waals surface area contributed by atoms with Crippen molar-refractivity contribution in [3.05, 3.63) is 23.1 Å². The number of aryl methyl sites for hydroxylation is 1. The maximum absolute atomic E-state index is 4.74. The quantitative estimate of drug-likeness (QED) is 0.846. The first kappa shape index (κ1) is 15.1. The van der Waals surface area contributed by atoms with Gasteiger partial charge in [0, 0.05) is 37.8 Å². The lowest BCUT2D eigenvalue weighted by Crippen LogP contribution is -2.47. The van der Waals surface area contributed by atoms with E-state index in [2.05, 4.69) is 45.8 Å². The molecule has 0 atom stereocenters. The molecule has 7 heteroatoms. The minimum atomic E-state index is -0.0259. The molecule has 0 aromatic carbocycles. The van der Waals surface area contributed by atoms with E-state index in [1.807, 2.05) is 19.2 Å². The van der Waals surface area contributed by atoms with Crippen LogP contribution < -0.4 is 9.80 Å². The fourth-order valence-corrected chi connectivity index (χ4v) is 3.17. The summed E-state index contributed by atoms with van der Waals surface area (Å²) in [5.74, 6) is 1.92. The first-order chi connectivity index (χ1) is 10.4. The summed E-state index contributed by atoms with van der Waals surface area (Å²) < 4.78 is 0. The van der Waals surface area contributed by atoms with Crippen LogP contribution in [0.5, 0.6) is 0 Å². The third-order valence-electron chi connectivity index (χ3n) is 3.70. The molecule has 0 spiro atoms. The zero-order valence-electron chi connectivity index (χ0n) is 13.6. The summed E-state index contributed by atoms with van der Waals surface area (Å²) in [6.45, 7) is 12.2. The Kier molecular flexibility index (Phi) is 3.99. The van der Waals surface area contributed by atoms with Gasteiger partial charge in [0.1, 0.15) is 16.6 Å². The van der Waals surface area contributed by atoms with Gasteiger partial charge >= 0.3 is 0 Å². The Morgan fingerprint density at radius 3 is 2.32 bits per heavy atom. The van der Waals surface area contributed by atoms with Gasteiger partial charge in [-0.05, 0) is 13.0 Å². The molecule has 3 rings (SSSR count). The molecule has 0 radical (unpaired) electrons. The van der Waals surface area contributed by atoms with Gasteiger partial charge in [-0.15, -0.1) is 10.2 Å². The Morgan fingerprint density at radius 2 is 1.73 bits per heavy atom. The van der Waals surface area contributed by atoms with Crippen molar-refractivity contribution in [2.45, 2.75) is 33.1 Å². The highest BCUT2D eigenvalue weighted by Gasteiger charge is 2.23. The van der Waals surface area contributed by atoms with Gasteiger partial charge in [0.25, 0.3) is 0 Å². The zero-order valence-corrected chi connectivity index (χ0v) is 14.4. The summed E-state index contributed by atoms with van der Waals surface area (Å²) in [4.78, 5) is 13.8. The Balaban J connectivity index is 1.69. The van der Waals surface area contributed by atoms with Crippen LogP contribution in [0.4, 0.5) is 10.9 Å². The van der Waals surface area contributed by atoms with Crippen molar-refractivity contribution in [3.63, 3.8) is 0 Å². The Labute approximate surface area is 135 Å². The largest absolute Gasteiger partial charge is 0.353 e. The average Bonchev–Trinajstić information content (AvgIpc) is 2.93. The third-order valence-corrected chi connectivity index (χ3v) is 4.60. The summed E-state index contributed by atoms with van der Waals surface area (Å²) in [6.07, 6.45) is 1.86. The Morgan fingerprint density at radius 1 is 1.05 bits per heavy atom. The minimum absolute atomic E-state index is 0.0259. The molecule has 0 unspecified atom stereocenters. The van der Waals surface area contributed by atoms with E-state index in [0.717, 1.165) is 48.0 Å². The molecular weight excluding hydrogens is 296 g/mol. The van der Waals surface area contributed by atoms with Crippen LogP contribution in [-0.2, 0) is 5.41 Å². The van der Waals surface area contributed by atoms with Gasteiger partial charge in [-0.2, -0.15) is 0 Å². The van der Waals surface area contributed by atoms with Crippen molar-refractivity contribution in [2.24, 2.45) is 0 Å². The van der Waals surface area contributed by atoms with Gasteiger partial charge in [0.15, 0.2) is 0 Å². The van der Waals surface area contributed by atoms with Crippen LogP contribution >= 0.6 is 11.3 Å². The van der Waals surface area contributed by atoms with Crippen LogP contribution in [0.15, 0.2) is 12.3 Å². The third kappa shape index (κ3) is 3.19. The standard InChI is InChI=1S/C15H22N6S/c1-11-18-19-14(22-11)21-9-7-20(8-10-21)12-5-6-16-13(17-12)15(2,3)4/h5-6H,7-10H2,1-4H3. The maximum Gasteiger partial charge on any atom is 0.208 e.